The van der Waals surface area contributed by atoms with Gasteiger partial charge in [-0.1, -0.05) is 95.3 Å². The lowest BCUT2D eigenvalue weighted by Gasteiger charge is -2.30. The van der Waals surface area contributed by atoms with Gasteiger partial charge in [0.25, 0.3) is 0 Å². The zero-order valence-electron chi connectivity index (χ0n) is 78.0. The molecule has 124 heavy (non-hydrogen) atoms. The first-order valence-electron chi connectivity index (χ1n) is 43.5. The molecule has 6 aromatic heterocycles. The third-order valence-corrected chi connectivity index (χ3v) is 25.6. The van der Waals surface area contributed by atoms with Crippen molar-refractivity contribution in [1.82, 2.24) is 24.6 Å². The average Bonchev–Trinajstić information content (AvgIpc) is 0.932. The SMILES string of the molecule is Cc1c(N2C=CN(C)[C@H]2C)cc(C(C)(C)C)cc1-[n+]1ccccc1C.Cc1c(N2C=CN(C)[C@H]2C)cc(C(C)C)cc1-[n+]1ccccc1C.Cc1c(N2C=CN(C)[C@H]2C)cccc1-[n+]1ccccc1C.Cc1cc(C)c(-[n+]2cc3ccccc3cc2C)c(C)c1-c1ncc2ccccc2[n+]1C.[C-]#[N+]c1cc(N2C=CN(C)[C@H]2C)c(C)c(-[n+]2ccccc2C)c1. The molecular weight excluding hydrogens is 1520 g/mol. The van der Waals surface area contributed by atoms with Gasteiger partial charge in [-0.2, -0.15) is 22.8 Å². The van der Waals surface area contributed by atoms with E-state index in [1.54, 1.807) is 0 Å². The van der Waals surface area contributed by atoms with Gasteiger partial charge in [0, 0.05) is 236 Å². The highest BCUT2D eigenvalue weighted by Crippen LogP contribution is 2.39. The van der Waals surface area contributed by atoms with Crippen LogP contribution in [0.1, 0.15) is 147 Å². The van der Waals surface area contributed by atoms with Crippen LogP contribution in [-0.4, -0.2) is 77.4 Å². The Morgan fingerprint density at radius 2 is 0.790 bits per heavy atom. The maximum atomic E-state index is 7.45. The van der Waals surface area contributed by atoms with Gasteiger partial charge in [0.05, 0.1) is 41.6 Å². The first kappa shape index (κ1) is 88.5. The summed E-state index contributed by atoms with van der Waals surface area (Å²) in [5, 5.41) is 3.65. The molecule has 634 valence electrons. The van der Waals surface area contributed by atoms with Crippen LogP contribution in [0, 0.1) is 89.7 Å². The molecule has 0 aliphatic carbocycles. The molecule has 16 nitrogen and oxygen atoms in total. The predicted octanol–water partition coefficient (Wildman–Crippen LogP) is 21.0. The number of rotatable bonds is 11. The van der Waals surface area contributed by atoms with Crippen LogP contribution in [0.2, 0.25) is 0 Å². The topological polar surface area (TPSA) is 66.5 Å². The molecule has 0 bridgehead atoms. The number of benzene rings is 7. The van der Waals surface area contributed by atoms with E-state index >= 15 is 0 Å². The van der Waals surface area contributed by atoms with Crippen LogP contribution in [0.15, 0.2) is 275 Å². The van der Waals surface area contributed by atoms with E-state index in [0.29, 0.717) is 30.1 Å². The molecule has 17 rings (SSSR count). The van der Waals surface area contributed by atoms with Crippen molar-refractivity contribution < 1.29 is 27.4 Å². The Hall–Kier alpha value is -13.3. The largest absolute Gasteiger partial charge is 0.359 e. The van der Waals surface area contributed by atoms with Crippen LogP contribution < -0.4 is 47.0 Å². The second-order valence-corrected chi connectivity index (χ2v) is 35.2. The van der Waals surface area contributed by atoms with E-state index in [-0.39, 0.29) is 11.6 Å². The van der Waals surface area contributed by atoms with Gasteiger partial charge in [-0.15, -0.1) is 0 Å². The minimum Gasteiger partial charge on any atom is -0.359 e. The Balaban J connectivity index is 0.000000134. The summed E-state index contributed by atoms with van der Waals surface area (Å²) in [6.45, 7) is 53.8. The summed E-state index contributed by atoms with van der Waals surface area (Å²) in [6.07, 6.45) is 31.0. The predicted molar refractivity (Wildman–Crippen MR) is 511 cm³/mol. The molecule has 0 radical (unpaired) electrons. The molecule has 10 heterocycles. The highest BCUT2D eigenvalue weighted by Gasteiger charge is 2.34. The van der Waals surface area contributed by atoms with Crippen molar-refractivity contribution >= 4 is 50.1 Å². The molecule has 0 saturated heterocycles. The number of fused-ring (bicyclic) bond motifs is 2. The summed E-state index contributed by atoms with van der Waals surface area (Å²) >= 11 is 0. The van der Waals surface area contributed by atoms with E-state index in [4.69, 9.17) is 11.6 Å². The van der Waals surface area contributed by atoms with Crippen molar-refractivity contribution in [3.63, 3.8) is 0 Å². The lowest BCUT2D eigenvalue weighted by Crippen LogP contribution is -2.37. The fourth-order valence-corrected chi connectivity index (χ4v) is 17.3. The van der Waals surface area contributed by atoms with Crippen LogP contribution >= 0.6 is 0 Å². The summed E-state index contributed by atoms with van der Waals surface area (Å²) in [6, 6.07) is 66.5. The van der Waals surface area contributed by atoms with Gasteiger partial charge < -0.3 is 39.2 Å². The van der Waals surface area contributed by atoms with Crippen LogP contribution in [0.3, 0.4) is 0 Å². The molecule has 0 spiro atoms. The summed E-state index contributed by atoms with van der Waals surface area (Å²) in [5.41, 5.74) is 31.8. The van der Waals surface area contributed by atoms with Gasteiger partial charge in [-0.3, -0.25) is 0 Å². The Labute approximate surface area is 738 Å². The first-order valence-corrected chi connectivity index (χ1v) is 43.5. The van der Waals surface area contributed by atoms with Crippen molar-refractivity contribution in [2.75, 3.05) is 47.8 Å². The molecule has 13 aromatic rings. The maximum Gasteiger partial charge on any atom is 0.331 e. The Bertz CT molecular complexity index is 6280. The van der Waals surface area contributed by atoms with Crippen molar-refractivity contribution in [2.24, 2.45) is 7.05 Å². The van der Waals surface area contributed by atoms with Gasteiger partial charge >= 0.3 is 5.82 Å². The number of para-hydroxylation sites is 1. The number of hydrogen-bond donors (Lipinski definition) is 0. The fraction of sp³-hybridized carbons (Fsp3) is 0.296. The lowest BCUT2D eigenvalue weighted by molar-refractivity contribution is -0.636. The molecule has 0 amide bonds. The van der Waals surface area contributed by atoms with Crippen molar-refractivity contribution in [1.29, 1.82) is 0 Å². The second kappa shape index (κ2) is 37.2. The number of hydrogen-bond acceptors (Lipinski definition) is 9. The van der Waals surface area contributed by atoms with E-state index in [9.17, 15) is 0 Å². The molecule has 16 heteroatoms. The third kappa shape index (κ3) is 18.1. The number of aromatic nitrogens is 7. The number of anilines is 4. The zero-order valence-corrected chi connectivity index (χ0v) is 78.0. The minimum atomic E-state index is 0.0963. The molecule has 4 aliphatic heterocycles. The van der Waals surface area contributed by atoms with Crippen LogP contribution in [0.5, 0.6) is 0 Å². The number of nitrogens with zero attached hydrogens (tertiary/aromatic N) is 16. The lowest BCUT2D eigenvalue weighted by atomic mass is 9.85. The molecular formula is C108H128N16+6. The normalized spacial score (nSPS) is 15.8. The molecule has 7 aromatic carbocycles. The van der Waals surface area contributed by atoms with Crippen molar-refractivity contribution in [2.45, 2.75) is 181 Å². The van der Waals surface area contributed by atoms with E-state index in [2.05, 4.69) is 490 Å². The van der Waals surface area contributed by atoms with Gasteiger partial charge in [-0.25, -0.2) is 9.41 Å². The highest BCUT2D eigenvalue weighted by molar-refractivity contribution is 5.82. The molecule has 4 atom stereocenters. The Kier molecular flexibility index (Phi) is 26.6. The van der Waals surface area contributed by atoms with Crippen molar-refractivity contribution in [3.8, 4) is 39.8 Å². The Morgan fingerprint density at radius 3 is 1.24 bits per heavy atom. The standard InChI is InChI=1S/C28H27N3.C22H30N3.C21H28N3.C19H21N4.C18H22N3/c1-18-14-19(2)27(31-17-24-12-7-6-10-22(24)15-20(31)3)21(4)26(18)28-29-16-23-11-8-9-13-25(23)30(28)5;1-16-10-8-9-11-24(16)20-14-19(22(4,5)6)15-21(17(20)2)25-13-12-23(7)18(25)3;1-15(2)19-13-20(23-10-8-7-9-16(23)3)17(4)21(14-19)24-12-11-22(6)18(24)5;1-14-8-6-7-9-22(14)18-12-17(20-4)13-19(15(18)2)23-11-10-21(5)16(23)3;1-14-8-5-6-11-20(14)17-9-7-10-18(15(17)2)21-13-12-19(4)16(21)3/h6-17H,1-5H3;8-15,18H,1-7H3;7-15,18H,1-6H3;6-13,16H,1-3,5H3;5-13,16H,1-4H3/q+2;4*+1/t;2*18-;2*16-/m.1111/s1. The second-order valence-electron chi connectivity index (χ2n) is 35.2. The van der Waals surface area contributed by atoms with Crippen LogP contribution in [-0.2, 0) is 12.5 Å². The molecule has 4 aliphatic rings. The summed E-state index contributed by atoms with van der Waals surface area (Å²) < 4.78 is 13.5. The highest BCUT2D eigenvalue weighted by atomic mass is 15.4. The van der Waals surface area contributed by atoms with Crippen molar-refractivity contribution in [3.05, 3.63) is 365 Å². The first-order chi connectivity index (χ1) is 59.2. The molecule has 0 N–H and O–H groups in total. The molecule has 0 saturated carbocycles. The van der Waals surface area contributed by atoms with Gasteiger partial charge in [0.1, 0.15) is 30.2 Å². The summed E-state index contributed by atoms with van der Waals surface area (Å²) in [7, 11) is 10.5. The molecule has 0 unspecified atom stereocenters. The number of aryl methyl sites for hydroxylation is 8. The van der Waals surface area contributed by atoms with E-state index in [1.165, 1.54) is 135 Å². The number of pyridine rings is 5. The van der Waals surface area contributed by atoms with Gasteiger partial charge in [-0.05, 0) is 163 Å². The Morgan fingerprint density at radius 1 is 0.379 bits per heavy atom. The summed E-state index contributed by atoms with van der Waals surface area (Å²) in [5.74, 6) is 1.49. The maximum absolute atomic E-state index is 7.45. The smallest absolute Gasteiger partial charge is 0.331 e. The minimum absolute atomic E-state index is 0.0963. The average molecular weight is 1650 g/mol. The van der Waals surface area contributed by atoms with E-state index in [0.717, 1.165) is 28.3 Å². The van der Waals surface area contributed by atoms with Gasteiger partial charge in [0.2, 0.25) is 28.4 Å². The van der Waals surface area contributed by atoms with E-state index < -0.39 is 0 Å². The fourth-order valence-electron chi connectivity index (χ4n) is 17.3. The quantitative estimate of drug-likeness (QED) is 0.0931. The monoisotopic (exact) mass is 1650 g/mol. The molecule has 0 fully saturated rings. The van der Waals surface area contributed by atoms with Gasteiger partial charge in [0.15, 0.2) is 71.3 Å². The van der Waals surface area contributed by atoms with Crippen LogP contribution in [0.4, 0.5) is 28.4 Å². The zero-order chi connectivity index (χ0) is 89.0. The third-order valence-electron chi connectivity index (χ3n) is 25.6. The van der Waals surface area contributed by atoms with Crippen LogP contribution in [0.25, 0.3) is 66.3 Å². The van der Waals surface area contributed by atoms with E-state index in [1.807, 2.05) is 36.7 Å². The summed E-state index contributed by atoms with van der Waals surface area (Å²) in [4.78, 5) is 26.7.